The molecule has 1 saturated carbocycles. The van der Waals surface area contributed by atoms with Crippen LogP contribution in [0.1, 0.15) is 37.4 Å². The van der Waals surface area contributed by atoms with Crippen molar-refractivity contribution < 1.29 is 4.42 Å². The van der Waals surface area contributed by atoms with E-state index in [-0.39, 0.29) is 0 Å². The molecule has 0 radical (unpaired) electrons. The van der Waals surface area contributed by atoms with E-state index in [0.717, 1.165) is 5.76 Å². The Balaban J connectivity index is 1.99. The standard InChI is InChI=1S/C10H14OS/c12-9-5-3-8(4-6-9)10-2-1-7-11-10/h1-2,7-9,12H,3-6H2. The van der Waals surface area contributed by atoms with Crippen molar-refractivity contribution in [1.82, 2.24) is 0 Å². The van der Waals surface area contributed by atoms with Gasteiger partial charge < -0.3 is 4.42 Å². The molecule has 1 aliphatic rings. The first-order valence-electron chi connectivity index (χ1n) is 4.58. The van der Waals surface area contributed by atoms with E-state index >= 15 is 0 Å². The van der Waals surface area contributed by atoms with E-state index in [2.05, 4.69) is 18.7 Å². The average Bonchev–Trinajstić information content (AvgIpc) is 2.58. The first-order valence-corrected chi connectivity index (χ1v) is 5.09. The van der Waals surface area contributed by atoms with Gasteiger partial charge in [-0.3, -0.25) is 0 Å². The summed E-state index contributed by atoms with van der Waals surface area (Å²) in [5, 5.41) is 0.621. The van der Waals surface area contributed by atoms with Crippen molar-refractivity contribution >= 4 is 12.6 Å². The van der Waals surface area contributed by atoms with E-state index in [9.17, 15) is 0 Å². The lowest BCUT2D eigenvalue weighted by Crippen LogP contribution is -2.12. The maximum absolute atomic E-state index is 5.38. The second-order valence-corrected chi connectivity index (χ2v) is 4.25. The smallest absolute Gasteiger partial charge is 0.106 e. The third-order valence-electron chi connectivity index (χ3n) is 2.64. The Morgan fingerprint density at radius 1 is 1.25 bits per heavy atom. The minimum atomic E-state index is 0.621. The zero-order valence-corrected chi connectivity index (χ0v) is 7.97. The lowest BCUT2D eigenvalue weighted by molar-refractivity contribution is 0.380. The predicted octanol–water partition coefficient (Wildman–Crippen LogP) is 3.24. The van der Waals surface area contributed by atoms with Gasteiger partial charge in [-0.15, -0.1) is 0 Å². The Hall–Kier alpha value is -0.370. The molecule has 1 fully saturated rings. The fraction of sp³-hybridized carbons (Fsp3) is 0.600. The molecule has 0 unspecified atom stereocenters. The molecular formula is C10H14OS. The third-order valence-corrected chi connectivity index (χ3v) is 3.16. The van der Waals surface area contributed by atoms with Gasteiger partial charge in [-0.1, -0.05) is 0 Å². The van der Waals surface area contributed by atoms with Gasteiger partial charge in [0.15, 0.2) is 0 Å². The summed E-state index contributed by atoms with van der Waals surface area (Å²) >= 11 is 4.47. The van der Waals surface area contributed by atoms with Crippen molar-refractivity contribution in [2.24, 2.45) is 0 Å². The van der Waals surface area contributed by atoms with Crippen molar-refractivity contribution in [2.75, 3.05) is 0 Å². The van der Waals surface area contributed by atoms with Crippen LogP contribution in [0.5, 0.6) is 0 Å². The van der Waals surface area contributed by atoms with Crippen LogP contribution in [0.3, 0.4) is 0 Å². The molecule has 0 N–H and O–H groups in total. The molecule has 12 heavy (non-hydrogen) atoms. The summed E-state index contributed by atoms with van der Waals surface area (Å²) in [6.07, 6.45) is 6.70. The molecule has 66 valence electrons. The zero-order chi connectivity index (χ0) is 8.39. The van der Waals surface area contributed by atoms with Gasteiger partial charge in [0.1, 0.15) is 5.76 Å². The number of rotatable bonds is 1. The van der Waals surface area contributed by atoms with Gasteiger partial charge in [0.25, 0.3) is 0 Å². The van der Waals surface area contributed by atoms with Crippen molar-refractivity contribution in [2.45, 2.75) is 36.9 Å². The van der Waals surface area contributed by atoms with Crippen LogP contribution in [-0.4, -0.2) is 5.25 Å². The van der Waals surface area contributed by atoms with E-state index in [4.69, 9.17) is 4.42 Å². The van der Waals surface area contributed by atoms with E-state index in [0.29, 0.717) is 11.2 Å². The monoisotopic (exact) mass is 182 g/mol. The van der Waals surface area contributed by atoms with Crippen LogP contribution in [0.25, 0.3) is 0 Å². The fourth-order valence-electron chi connectivity index (χ4n) is 1.88. The number of thiol groups is 1. The molecule has 0 saturated heterocycles. The van der Waals surface area contributed by atoms with Crippen LogP contribution in [-0.2, 0) is 0 Å². The van der Waals surface area contributed by atoms with Crippen molar-refractivity contribution in [3.63, 3.8) is 0 Å². The largest absolute Gasteiger partial charge is 0.469 e. The highest BCUT2D eigenvalue weighted by molar-refractivity contribution is 7.80. The molecule has 0 atom stereocenters. The van der Waals surface area contributed by atoms with Crippen LogP contribution in [0.4, 0.5) is 0 Å². The number of furan rings is 1. The van der Waals surface area contributed by atoms with E-state index in [1.54, 1.807) is 6.26 Å². The number of hydrogen-bond donors (Lipinski definition) is 1. The van der Waals surface area contributed by atoms with E-state index in [1.807, 2.05) is 6.07 Å². The van der Waals surface area contributed by atoms with Gasteiger partial charge in [0.2, 0.25) is 0 Å². The van der Waals surface area contributed by atoms with Crippen LogP contribution in [0.15, 0.2) is 22.8 Å². The summed E-state index contributed by atoms with van der Waals surface area (Å²) in [5.41, 5.74) is 0. The molecule has 2 heteroatoms. The topological polar surface area (TPSA) is 13.1 Å². The molecule has 0 spiro atoms. The summed E-state index contributed by atoms with van der Waals surface area (Å²) in [6.45, 7) is 0. The molecule has 0 aliphatic heterocycles. The minimum absolute atomic E-state index is 0.621. The number of hydrogen-bond acceptors (Lipinski definition) is 2. The zero-order valence-electron chi connectivity index (χ0n) is 7.07. The maximum Gasteiger partial charge on any atom is 0.106 e. The minimum Gasteiger partial charge on any atom is -0.469 e. The van der Waals surface area contributed by atoms with Gasteiger partial charge in [-0.05, 0) is 37.8 Å². The van der Waals surface area contributed by atoms with Gasteiger partial charge in [0.05, 0.1) is 6.26 Å². The molecular weight excluding hydrogens is 168 g/mol. The summed E-state index contributed by atoms with van der Waals surface area (Å²) in [5.74, 6) is 1.82. The Morgan fingerprint density at radius 2 is 2.00 bits per heavy atom. The highest BCUT2D eigenvalue weighted by Gasteiger charge is 2.21. The van der Waals surface area contributed by atoms with Gasteiger partial charge >= 0.3 is 0 Å². The Bertz CT molecular complexity index is 222. The van der Waals surface area contributed by atoms with Crippen LogP contribution in [0, 0.1) is 0 Å². The molecule has 0 amide bonds. The Kier molecular flexibility index (Phi) is 2.45. The normalized spacial score (nSPS) is 30.4. The van der Waals surface area contributed by atoms with Crippen LogP contribution < -0.4 is 0 Å². The second kappa shape index (κ2) is 3.56. The lowest BCUT2D eigenvalue weighted by atomic mass is 9.87. The molecule has 1 aliphatic carbocycles. The SMILES string of the molecule is SC1CCC(c2ccco2)CC1. The predicted molar refractivity (Wildman–Crippen MR) is 52.7 cm³/mol. The summed E-state index contributed by atoms with van der Waals surface area (Å²) in [4.78, 5) is 0. The van der Waals surface area contributed by atoms with E-state index < -0.39 is 0 Å². The highest BCUT2D eigenvalue weighted by Crippen LogP contribution is 2.34. The molecule has 1 nitrogen and oxygen atoms in total. The molecule has 0 aromatic carbocycles. The van der Waals surface area contributed by atoms with Crippen molar-refractivity contribution in [3.8, 4) is 0 Å². The second-order valence-electron chi connectivity index (χ2n) is 3.52. The lowest BCUT2D eigenvalue weighted by Gasteiger charge is -2.23. The summed E-state index contributed by atoms with van der Waals surface area (Å²) in [7, 11) is 0. The molecule has 2 rings (SSSR count). The van der Waals surface area contributed by atoms with Crippen molar-refractivity contribution in [3.05, 3.63) is 24.2 Å². The summed E-state index contributed by atoms with van der Waals surface area (Å²) in [6, 6.07) is 4.06. The Morgan fingerprint density at radius 3 is 2.58 bits per heavy atom. The highest BCUT2D eigenvalue weighted by atomic mass is 32.1. The van der Waals surface area contributed by atoms with Crippen molar-refractivity contribution in [1.29, 1.82) is 0 Å². The summed E-state index contributed by atoms with van der Waals surface area (Å²) < 4.78 is 5.38. The maximum atomic E-state index is 5.38. The third kappa shape index (κ3) is 1.69. The first kappa shape index (κ1) is 8.24. The molecule has 1 aromatic heterocycles. The quantitative estimate of drug-likeness (QED) is 0.658. The Labute approximate surface area is 78.6 Å². The molecule has 0 bridgehead atoms. The van der Waals surface area contributed by atoms with Gasteiger partial charge in [0, 0.05) is 11.2 Å². The van der Waals surface area contributed by atoms with Gasteiger partial charge in [-0.2, -0.15) is 12.6 Å². The van der Waals surface area contributed by atoms with Gasteiger partial charge in [-0.25, -0.2) is 0 Å². The first-order chi connectivity index (χ1) is 5.86. The molecule has 1 heterocycles. The van der Waals surface area contributed by atoms with Crippen LogP contribution in [0.2, 0.25) is 0 Å². The molecule has 1 aromatic rings. The van der Waals surface area contributed by atoms with E-state index in [1.165, 1.54) is 25.7 Å². The average molecular weight is 182 g/mol. The van der Waals surface area contributed by atoms with Crippen LogP contribution >= 0.6 is 12.6 Å². The fourth-order valence-corrected chi connectivity index (χ4v) is 2.18.